The minimum atomic E-state index is -0.477. The van der Waals surface area contributed by atoms with Gasteiger partial charge in [0.1, 0.15) is 12.5 Å². The summed E-state index contributed by atoms with van der Waals surface area (Å²) in [7, 11) is 2.04. The molecular formula is C16H21F2N3O. The lowest BCUT2D eigenvalue weighted by Crippen LogP contribution is -2.45. The maximum absolute atomic E-state index is 14.4. The highest BCUT2D eigenvalue weighted by molar-refractivity contribution is 6.04. The molecule has 1 saturated heterocycles. The molecule has 0 radical (unpaired) electrons. The van der Waals surface area contributed by atoms with Gasteiger partial charge in [-0.2, -0.15) is 0 Å². The van der Waals surface area contributed by atoms with Gasteiger partial charge in [-0.3, -0.25) is 4.79 Å². The maximum atomic E-state index is 14.4. The molecule has 0 amide bonds. The minimum absolute atomic E-state index is 0.0612. The molecule has 2 heterocycles. The first-order valence-electron chi connectivity index (χ1n) is 7.71. The Balaban J connectivity index is 1.95. The van der Waals surface area contributed by atoms with Crippen LogP contribution in [0.15, 0.2) is 12.1 Å². The van der Waals surface area contributed by atoms with E-state index in [1.807, 2.05) is 16.8 Å². The lowest BCUT2D eigenvalue weighted by atomic mass is 9.99. The van der Waals surface area contributed by atoms with Crippen LogP contribution in [0, 0.1) is 5.82 Å². The number of fused-ring (bicyclic) bond motifs is 1. The molecule has 4 nitrogen and oxygen atoms in total. The Morgan fingerprint density at radius 1 is 1.09 bits per heavy atom. The van der Waals surface area contributed by atoms with E-state index in [9.17, 15) is 13.6 Å². The van der Waals surface area contributed by atoms with Crippen LogP contribution in [-0.2, 0) is 0 Å². The van der Waals surface area contributed by atoms with Crippen LogP contribution in [0.2, 0.25) is 0 Å². The quantitative estimate of drug-likeness (QED) is 0.852. The second kappa shape index (κ2) is 6.20. The average molecular weight is 309 g/mol. The molecule has 0 unspecified atom stereocenters. The van der Waals surface area contributed by atoms with E-state index in [-0.39, 0.29) is 18.1 Å². The van der Waals surface area contributed by atoms with Crippen LogP contribution in [-0.4, -0.2) is 63.7 Å². The number of hydrogen-bond donors (Lipinski definition) is 0. The van der Waals surface area contributed by atoms with E-state index in [1.54, 1.807) is 6.07 Å². The number of carbonyl (C=O) groups excluding carboxylic acids is 1. The standard InChI is InChI=1S/C16H21F2N3O/c1-19-6-8-21(9-7-19)15-11-14-12(10-13(15)18)16(22)2-4-20(14)5-3-17/h10-11H,2-9H2,1H3. The van der Waals surface area contributed by atoms with Crippen molar-refractivity contribution >= 4 is 17.2 Å². The molecular weight excluding hydrogens is 288 g/mol. The van der Waals surface area contributed by atoms with Crippen LogP contribution in [0.3, 0.4) is 0 Å². The first-order valence-corrected chi connectivity index (χ1v) is 7.71. The lowest BCUT2D eigenvalue weighted by Gasteiger charge is -2.36. The number of benzene rings is 1. The van der Waals surface area contributed by atoms with Crippen molar-refractivity contribution in [2.45, 2.75) is 6.42 Å². The highest BCUT2D eigenvalue weighted by Crippen LogP contribution is 2.34. The second-order valence-corrected chi connectivity index (χ2v) is 5.96. The van der Waals surface area contributed by atoms with Gasteiger partial charge in [0.2, 0.25) is 0 Å². The van der Waals surface area contributed by atoms with Crippen molar-refractivity contribution in [3.8, 4) is 0 Å². The highest BCUT2D eigenvalue weighted by atomic mass is 19.1. The van der Waals surface area contributed by atoms with Crippen molar-refractivity contribution in [3.05, 3.63) is 23.5 Å². The van der Waals surface area contributed by atoms with E-state index in [0.29, 0.717) is 29.9 Å². The van der Waals surface area contributed by atoms with Gasteiger partial charge in [-0.25, -0.2) is 8.78 Å². The van der Waals surface area contributed by atoms with Gasteiger partial charge in [0.15, 0.2) is 5.78 Å². The summed E-state index contributed by atoms with van der Waals surface area (Å²) >= 11 is 0. The van der Waals surface area contributed by atoms with E-state index in [0.717, 1.165) is 26.2 Å². The lowest BCUT2D eigenvalue weighted by molar-refractivity contribution is 0.0979. The summed E-state index contributed by atoms with van der Waals surface area (Å²) in [6.07, 6.45) is 0.320. The summed E-state index contributed by atoms with van der Waals surface area (Å²) in [4.78, 5) is 18.1. The number of ketones is 1. The molecule has 22 heavy (non-hydrogen) atoms. The summed E-state index contributed by atoms with van der Waals surface area (Å²) in [5.41, 5.74) is 1.57. The maximum Gasteiger partial charge on any atom is 0.166 e. The van der Waals surface area contributed by atoms with Crippen molar-refractivity contribution in [1.29, 1.82) is 0 Å². The number of carbonyl (C=O) groups is 1. The van der Waals surface area contributed by atoms with Crippen molar-refractivity contribution < 1.29 is 13.6 Å². The van der Waals surface area contributed by atoms with Crippen LogP contribution < -0.4 is 9.80 Å². The highest BCUT2D eigenvalue weighted by Gasteiger charge is 2.27. The van der Waals surface area contributed by atoms with Gasteiger partial charge in [0.05, 0.1) is 5.69 Å². The zero-order valence-electron chi connectivity index (χ0n) is 12.8. The molecule has 0 N–H and O–H groups in total. The van der Waals surface area contributed by atoms with Gasteiger partial charge in [-0.1, -0.05) is 0 Å². The fourth-order valence-electron chi connectivity index (χ4n) is 3.15. The van der Waals surface area contributed by atoms with Gasteiger partial charge in [0, 0.05) is 56.9 Å². The summed E-state index contributed by atoms with van der Waals surface area (Å²) < 4.78 is 27.2. The van der Waals surface area contributed by atoms with Crippen molar-refractivity contribution in [2.75, 3.05) is 62.8 Å². The number of anilines is 2. The third-order valence-corrected chi connectivity index (χ3v) is 4.51. The molecule has 6 heteroatoms. The van der Waals surface area contributed by atoms with Gasteiger partial charge in [-0.05, 0) is 19.2 Å². The minimum Gasteiger partial charge on any atom is -0.368 e. The molecule has 120 valence electrons. The summed E-state index contributed by atoms with van der Waals surface area (Å²) in [6.45, 7) is 3.53. The average Bonchev–Trinajstić information content (AvgIpc) is 2.51. The Labute approximate surface area is 129 Å². The monoisotopic (exact) mass is 309 g/mol. The van der Waals surface area contributed by atoms with Crippen LogP contribution >= 0.6 is 0 Å². The summed E-state index contributed by atoms with van der Waals surface area (Å²) in [5, 5.41) is 0. The first-order chi connectivity index (χ1) is 10.6. The molecule has 2 aliphatic heterocycles. The van der Waals surface area contributed by atoms with Gasteiger partial charge >= 0.3 is 0 Å². The molecule has 1 fully saturated rings. The Kier molecular flexibility index (Phi) is 4.29. The predicted molar refractivity (Wildman–Crippen MR) is 83.2 cm³/mol. The van der Waals surface area contributed by atoms with Crippen molar-refractivity contribution in [1.82, 2.24) is 4.90 Å². The molecule has 1 aromatic rings. The molecule has 0 spiro atoms. The van der Waals surface area contributed by atoms with Gasteiger partial charge in [0.25, 0.3) is 0 Å². The van der Waals surface area contributed by atoms with Crippen molar-refractivity contribution in [2.24, 2.45) is 0 Å². The van der Waals surface area contributed by atoms with E-state index in [1.165, 1.54) is 6.07 Å². The predicted octanol–water partition coefficient (Wildman–Crippen LogP) is 1.94. The third-order valence-electron chi connectivity index (χ3n) is 4.51. The number of rotatable bonds is 3. The molecule has 1 aromatic carbocycles. The van der Waals surface area contributed by atoms with Crippen LogP contribution in [0.25, 0.3) is 0 Å². The Morgan fingerprint density at radius 3 is 2.50 bits per heavy atom. The number of likely N-dealkylation sites (N-methyl/N-ethyl adjacent to an activating group) is 1. The zero-order valence-corrected chi connectivity index (χ0v) is 12.8. The Bertz CT molecular complexity index is 571. The van der Waals surface area contributed by atoms with E-state index in [4.69, 9.17) is 0 Å². The summed E-state index contributed by atoms with van der Waals surface area (Å²) in [6, 6.07) is 3.05. The number of hydrogen-bond acceptors (Lipinski definition) is 4. The number of Topliss-reactive ketones (excluding diaryl/α,β-unsaturated/α-hetero) is 1. The molecule has 0 saturated carbocycles. The number of alkyl halides is 1. The number of piperazine rings is 1. The van der Waals surface area contributed by atoms with Crippen LogP contribution in [0.5, 0.6) is 0 Å². The van der Waals surface area contributed by atoms with E-state index in [2.05, 4.69) is 4.90 Å². The largest absolute Gasteiger partial charge is 0.368 e. The molecule has 0 aromatic heterocycles. The molecule has 2 aliphatic rings. The van der Waals surface area contributed by atoms with Crippen LogP contribution in [0.4, 0.5) is 20.2 Å². The summed E-state index contributed by atoms with van der Waals surface area (Å²) in [5.74, 6) is -0.423. The molecule has 0 aliphatic carbocycles. The molecule has 0 bridgehead atoms. The van der Waals surface area contributed by atoms with E-state index >= 15 is 0 Å². The van der Waals surface area contributed by atoms with Gasteiger partial charge < -0.3 is 14.7 Å². The fourth-order valence-corrected chi connectivity index (χ4v) is 3.15. The number of nitrogens with zero attached hydrogens (tertiary/aromatic N) is 3. The van der Waals surface area contributed by atoms with Crippen LogP contribution in [0.1, 0.15) is 16.8 Å². The number of halogens is 2. The topological polar surface area (TPSA) is 26.8 Å². The molecule has 3 rings (SSSR count). The molecule has 0 atom stereocenters. The zero-order chi connectivity index (χ0) is 15.7. The first kappa shape index (κ1) is 15.2. The van der Waals surface area contributed by atoms with Crippen molar-refractivity contribution in [3.63, 3.8) is 0 Å². The normalized spacial score (nSPS) is 19.5. The Morgan fingerprint density at radius 2 is 1.82 bits per heavy atom. The SMILES string of the molecule is CN1CCN(c2cc3c(cc2F)C(=O)CCN3CCF)CC1. The smallest absolute Gasteiger partial charge is 0.166 e. The Hall–Kier alpha value is -1.69. The third kappa shape index (κ3) is 2.79. The van der Waals surface area contributed by atoms with E-state index < -0.39 is 6.67 Å². The fraction of sp³-hybridized carbons (Fsp3) is 0.562. The van der Waals surface area contributed by atoms with Gasteiger partial charge in [-0.15, -0.1) is 0 Å². The second-order valence-electron chi connectivity index (χ2n) is 5.96.